The average molecular weight is 171 g/mol. The summed E-state index contributed by atoms with van der Waals surface area (Å²) in [4.78, 5) is 0. The van der Waals surface area contributed by atoms with Crippen LogP contribution in [0.4, 0.5) is 0 Å². The van der Waals surface area contributed by atoms with Crippen LogP contribution in [-0.4, -0.2) is 24.3 Å². The van der Waals surface area contributed by atoms with Gasteiger partial charge in [0, 0.05) is 6.54 Å². The SMILES string of the molecule is CNCC1(O)CC(C)CC(C)C1. The fourth-order valence-corrected chi connectivity index (χ4v) is 2.71. The van der Waals surface area contributed by atoms with Crippen LogP contribution in [0.5, 0.6) is 0 Å². The maximum Gasteiger partial charge on any atom is 0.0776 e. The van der Waals surface area contributed by atoms with Gasteiger partial charge in [-0.25, -0.2) is 0 Å². The standard InChI is InChI=1S/C10H21NO/c1-8-4-9(2)6-10(12,5-8)7-11-3/h8-9,11-12H,4-7H2,1-3H3. The van der Waals surface area contributed by atoms with E-state index in [1.54, 1.807) is 0 Å². The molecule has 1 rings (SSSR count). The fraction of sp³-hybridized carbons (Fsp3) is 1.00. The molecule has 0 aliphatic heterocycles. The molecular formula is C10H21NO. The van der Waals surface area contributed by atoms with E-state index in [4.69, 9.17) is 0 Å². The predicted octanol–water partition coefficient (Wildman–Crippen LogP) is 1.39. The first-order valence-corrected chi connectivity index (χ1v) is 4.93. The van der Waals surface area contributed by atoms with Gasteiger partial charge in [0.25, 0.3) is 0 Å². The molecule has 2 heteroatoms. The van der Waals surface area contributed by atoms with Gasteiger partial charge in [-0.1, -0.05) is 13.8 Å². The molecule has 1 aliphatic rings. The summed E-state index contributed by atoms with van der Waals surface area (Å²) in [6.45, 7) is 5.20. The smallest absolute Gasteiger partial charge is 0.0776 e. The average Bonchev–Trinajstić information content (AvgIpc) is 1.82. The van der Waals surface area contributed by atoms with Crippen LogP contribution in [0.15, 0.2) is 0 Å². The second kappa shape index (κ2) is 3.75. The molecule has 72 valence electrons. The Balaban J connectivity index is 2.52. The molecule has 2 nitrogen and oxygen atoms in total. The summed E-state index contributed by atoms with van der Waals surface area (Å²) in [5, 5.41) is 13.2. The van der Waals surface area contributed by atoms with Crippen molar-refractivity contribution in [3.05, 3.63) is 0 Å². The Morgan fingerprint density at radius 1 is 1.33 bits per heavy atom. The Morgan fingerprint density at radius 2 is 1.83 bits per heavy atom. The normalized spacial score (nSPS) is 43.0. The van der Waals surface area contributed by atoms with Gasteiger partial charge >= 0.3 is 0 Å². The molecule has 1 aliphatic carbocycles. The first-order chi connectivity index (χ1) is 5.56. The highest BCUT2D eigenvalue weighted by molar-refractivity contribution is 4.89. The lowest BCUT2D eigenvalue weighted by Crippen LogP contribution is -2.45. The lowest BCUT2D eigenvalue weighted by atomic mass is 9.74. The first kappa shape index (κ1) is 10.0. The molecule has 12 heavy (non-hydrogen) atoms. The molecule has 0 amide bonds. The highest BCUT2D eigenvalue weighted by Gasteiger charge is 2.35. The van der Waals surface area contributed by atoms with E-state index in [1.165, 1.54) is 6.42 Å². The number of aliphatic hydroxyl groups is 1. The van der Waals surface area contributed by atoms with Crippen LogP contribution < -0.4 is 5.32 Å². The number of likely N-dealkylation sites (N-methyl/N-ethyl adjacent to an activating group) is 1. The minimum atomic E-state index is -0.439. The third-order valence-corrected chi connectivity index (χ3v) is 2.77. The number of nitrogens with one attached hydrogen (secondary N) is 1. The molecule has 0 aromatic rings. The van der Waals surface area contributed by atoms with Gasteiger partial charge < -0.3 is 10.4 Å². The number of rotatable bonds is 2. The molecule has 1 saturated carbocycles. The zero-order valence-electron chi connectivity index (χ0n) is 8.43. The van der Waals surface area contributed by atoms with Gasteiger partial charge in [-0.15, -0.1) is 0 Å². The van der Waals surface area contributed by atoms with Gasteiger partial charge in [0.1, 0.15) is 0 Å². The maximum atomic E-state index is 10.1. The minimum Gasteiger partial charge on any atom is -0.389 e. The minimum absolute atomic E-state index is 0.439. The van der Waals surface area contributed by atoms with Gasteiger partial charge in [0.2, 0.25) is 0 Å². The monoisotopic (exact) mass is 171 g/mol. The molecule has 2 atom stereocenters. The van der Waals surface area contributed by atoms with Gasteiger partial charge in [-0.2, -0.15) is 0 Å². The Hall–Kier alpha value is -0.0800. The fourth-order valence-electron chi connectivity index (χ4n) is 2.71. The van der Waals surface area contributed by atoms with Crippen LogP contribution >= 0.6 is 0 Å². The van der Waals surface area contributed by atoms with Crippen molar-refractivity contribution >= 4 is 0 Å². The lowest BCUT2D eigenvalue weighted by molar-refractivity contribution is -0.0282. The Morgan fingerprint density at radius 3 is 2.25 bits per heavy atom. The zero-order valence-corrected chi connectivity index (χ0v) is 8.43. The van der Waals surface area contributed by atoms with Crippen molar-refractivity contribution in [3.63, 3.8) is 0 Å². The van der Waals surface area contributed by atoms with Crippen molar-refractivity contribution in [2.45, 2.75) is 38.7 Å². The quantitative estimate of drug-likeness (QED) is 0.658. The van der Waals surface area contributed by atoms with Crippen molar-refractivity contribution in [1.29, 1.82) is 0 Å². The summed E-state index contributed by atoms with van der Waals surface area (Å²) in [5.74, 6) is 1.35. The summed E-state index contributed by atoms with van der Waals surface area (Å²) in [6.07, 6.45) is 3.18. The topological polar surface area (TPSA) is 32.3 Å². The van der Waals surface area contributed by atoms with E-state index in [2.05, 4.69) is 19.2 Å². The van der Waals surface area contributed by atoms with Crippen LogP contribution in [0, 0.1) is 11.8 Å². The van der Waals surface area contributed by atoms with E-state index in [1.807, 2.05) is 7.05 Å². The molecule has 1 fully saturated rings. The molecule has 0 bridgehead atoms. The van der Waals surface area contributed by atoms with Crippen LogP contribution in [0.3, 0.4) is 0 Å². The molecule has 0 heterocycles. The van der Waals surface area contributed by atoms with Gasteiger partial charge in [-0.3, -0.25) is 0 Å². The summed E-state index contributed by atoms with van der Waals surface area (Å²) in [5.41, 5.74) is -0.439. The van der Waals surface area contributed by atoms with Crippen LogP contribution in [-0.2, 0) is 0 Å². The Bertz CT molecular complexity index is 137. The van der Waals surface area contributed by atoms with Crippen molar-refractivity contribution in [2.75, 3.05) is 13.6 Å². The largest absolute Gasteiger partial charge is 0.389 e. The van der Waals surface area contributed by atoms with E-state index in [-0.39, 0.29) is 0 Å². The van der Waals surface area contributed by atoms with Gasteiger partial charge in [-0.05, 0) is 38.1 Å². The van der Waals surface area contributed by atoms with Crippen LogP contribution in [0.1, 0.15) is 33.1 Å². The molecule has 0 spiro atoms. The Labute approximate surface area is 75.4 Å². The highest BCUT2D eigenvalue weighted by Crippen LogP contribution is 2.35. The number of hydrogen-bond acceptors (Lipinski definition) is 2. The molecule has 2 N–H and O–H groups in total. The van der Waals surface area contributed by atoms with E-state index in [0.29, 0.717) is 11.8 Å². The summed E-state index contributed by atoms with van der Waals surface area (Å²) in [7, 11) is 1.90. The third kappa shape index (κ3) is 2.46. The van der Waals surface area contributed by atoms with Crippen molar-refractivity contribution in [2.24, 2.45) is 11.8 Å². The van der Waals surface area contributed by atoms with E-state index >= 15 is 0 Å². The first-order valence-electron chi connectivity index (χ1n) is 4.93. The van der Waals surface area contributed by atoms with Crippen molar-refractivity contribution in [1.82, 2.24) is 5.32 Å². The third-order valence-electron chi connectivity index (χ3n) is 2.77. The predicted molar refractivity (Wildman–Crippen MR) is 51.1 cm³/mol. The van der Waals surface area contributed by atoms with E-state index in [0.717, 1.165) is 19.4 Å². The lowest BCUT2D eigenvalue weighted by Gasteiger charge is -2.38. The second-order valence-electron chi connectivity index (χ2n) is 4.61. The van der Waals surface area contributed by atoms with Gasteiger partial charge in [0.15, 0.2) is 0 Å². The molecule has 0 aromatic heterocycles. The maximum absolute atomic E-state index is 10.1. The molecule has 0 saturated heterocycles. The molecule has 0 aromatic carbocycles. The Kier molecular flexibility index (Phi) is 3.13. The molecular weight excluding hydrogens is 150 g/mol. The zero-order chi connectivity index (χ0) is 9.19. The summed E-state index contributed by atoms with van der Waals surface area (Å²) in [6, 6.07) is 0. The van der Waals surface area contributed by atoms with E-state index in [9.17, 15) is 5.11 Å². The van der Waals surface area contributed by atoms with Crippen LogP contribution in [0.2, 0.25) is 0 Å². The second-order valence-corrected chi connectivity index (χ2v) is 4.61. The summed E-state index contributed by atoms with van der Waals surface area (Å²) >= 11 is 0. The molecule has 0 radical (unpaired) electrons. The van der Waals surface area contributed by atoms with Crippen molar-refractivity contribution in [3.8, 4) is 0 Å². The van der Waals surface area contributed by atoms with Crippen molar-refractivity contribution < 1.29 is 5.11 Å². The summed E-state index contributed by atoms with van der Waals surface area (Å²) < 4.78 is 0. The number of hydrogen-bond donors (Lipinski definition) is 2. The van der Waals surface area contributed by atoms with Crippen LogP contribution in [0.25, 0.3) is 0 Å². The molecule has 2 unspecified atom stereocenters. The van der Waals surface area contributed by atoms with Gasteiger partial charge in [0.05, 0.1) is 5.60 Å². The van der Waals surface area contributed by atoms with E-state index < -0.39 is 5.60 Å². The highest BCUT2D eigenvalue weighted by atomic mass is 16.3.